The van der Waals surface area contributed by atoms with Gasteiger partial charge in [0.1, 0.15) is 11.6 Å². The molecule has 0 spiro atoms. The van der Waals surface area contributed by atoms with Crippen molar-refractivity contribution >= 4 is 63.2 Å². The number of imide groups is 1. The molecule has 4 amide bonds. The number of anilines is 1. The first kappa shape index (κ1) is 43.4. The first-order valence-corrected chi connectivity index (χ1v) is 22.4. The molecule has 326 valence electrons. The number of hydrogen-bond donors (Lipinski definition) is 2. The van der Waals surface area contributed by atoms with Crippen LogP contribution in [0, 0.1) is 18.6 Å². The molecule has 8 rings (SSSR count). The van der Waals surface area contributed by atoms with Gasteiger partial charge in [-0.3, -0.25) is 34.8 Å². The number of imidazole rings is 1. The average Bonchev–Trinajstić information content (AvgIpc) is 3.78. The van der Waals surface area contributed by atoms with E-state index < -0.39 is 29.4 Å². The number of halogens is 3. The van der Waals surface area contributed by atoms with Crippen molar-refractivity contribution < 1.29 is 32.7 Å². The first-order valence-electron chi connectivity index (χ1n) is 21.1. The lowest BCUT2D eigenvalue weighted by atomic mass is 9.88. The molecule has 62 heavy (non-hydrogen) atoms. The second-order valence-electron chi connectivity index (χ2n) is 16.7. The summed E-state index contributed by atoms with van der Waals surface area (Å²) in [4.78, 5) is 65.3. The van der Waals surface area contributed by atoms with E-state index in [1.165, 1.54) is 12.1 Å². The number of benzene rings is 2. The minimum absolute atomic E-state index is 0.0323. The van der Waals surface area contributed by atoms with Gasteiger partial charge in [-0.15, -0.1) is 0 Å². The molecule has 3 aliphatic rings. The smallest absolute Gasteiger partial charge is 0.258 e. The Hall–Kier alpha value is -5.30. The molecule has 2 aliphatic heterocycles. The molecular formula is C45H50F2IN9O5. The molecule has 14 nitrogen and oxygen atoms in total. The van der Waals surface area contributed by atoms with Gasteiger partial charge >= 0.3 is 0 Å². The number of nitrogens with zero attached hydrogens (tertiary/aromatic N) is 7. The fourth-order valence-electron chi connectivity index (χ4n) is 9.01. The number of piperidine rings is 1. The van der Waals surface area contributed by atoms with Crippen LogP contribution < -0.4 is 15.4 Å². The zero-order valence-corrected chi connectivity index (χ0v) is 37.4. The quantitative estimate of drug-likeness (QED) is 0.103. The van der Waals surface area contributed by atoms with Crippen LogP contribution in [-0.4, -0.2) is 101 Å². The predicted octanol–water partition coefficient (Wildman–Crippen LogP) is 6.72. The topological polar surface area (TPSA) is 157 Å². The number of fused-ring (bicyclic) bond motifs is 7. The highest BCUT2D eigenvalue weighted by Gasteiger charge is 2.33. The summed E-state index contributed by atoms with van der Waals surface area (Å²) in [5.74, 6) is -3.11. The standard InChI is InChI=1S/C45H50F2IN9O5/c1-25-18-28-21-37(50-25)33-23-49-56(4)44(33)62-17-5-6-29(48)24-57-38-22-27(7-13-36(38)51-45(57)53-41(28)59)43(61)55(3)31-10-8-30(9-11-31)54(2)16-15-26-19-34(46)40(35(47)20-26)32-12-14-39(58)52-42(32)60/h7,13,18-23,29-32H,5-6,8-12,14-17,24H2,1-4H3,(H,51,53,59)(H,52,58,60)/t29-,30?,31?,32-/m1/s1. The number of carbonyl (C=O) groups is 4. The summed E-state index contributed by atoms with van der Waals surface area (Å²) in [5, 5.41) is 9.62. The lowest BCUT2D eigenvalue weighted by Crippen LogP contribution is -2.44. The summed E-state index contributed by atoms with van der Waals surface area (Å²) < 4.78 is 40.3. The molecule has 1 saturated carbocycles. The molecule has 17 heteroatoms. The van der Waals surface area contributed by atoms with E-state index in [1.807, 2.05) is 49.7 Å². The Labute approximate surface area is 371 Å². The van der Waals surface area contributed by atoms with Crippen molar-refractivity contribution in [3.63, 3.8) is 0 Å². The number of pyridine rings is 1. The fraction of sp³-hybridized carbons (Fsp3) is 0.444. The Morgan fingerprint density at radius 2 is 1.69 bits per heavy atom. The van der Waals surface area contributed by atoms with Gasteiger partial charge in [-0.1, -0.05) is 22.6 Å². The fourth-order valence-corrected chi connectivity index (χ4v) is 9.84. The molecule has 2 atom stereocenters. The predicted molar refractivity (Wildman–Crippen MR) is 237 cm³/mol. The van der Waals surface area contributed by atoms with E-state index in [0.29, 0.717) is 77.1 Å². The van der Waals surface area contributed by atoms with E-state index in [9.17, 15) is 19.2 Å². The number of rotatable bonds is 7. The summed E-state index contributed by atoms with van der Waals surface area (Å²) in [5.41, 5.74) is 4.55. The van der Waals surface area contributed by atoms with Crippen molar-refractivity contribution in [1.29, 1.82) is 0 Å². The minimum atomic E-state index is -1.03. The highest BCUT2D eigenvalue weighted by atomic mass is 127. The monoisotopic (exact) mass is 961 g/mol. The number of likely N-dealkylation sites (N-methyl/N-ethyl adjacent to an activating group) is 1. The molecular weight excluding hydrogens is 911 g/mol. The molecule has 5 heterocycles. The molecule has 2 fully saturated rings. The van der Waals surface area contributed by atoms with E-state index >= 15 is 8.78 Å². The lowest BCUT2D eigenvalue weighted by Gasteiger charge is -2.38. The maximum Gasteiger partial charge on any atom is 0.258 e. The van der Waals surface area contributed by atoms with Crippen molar-refractivity contribution in [3.05, 3.63) is 88.2 Å². The number of aromatic nitrogens is 5. The van der Waals surface area contributed by atoms with Crippen LogP contribution in [0.5, 0.6) is 5.88 Å². The average molecular weight is 962 g/mol. The maximum atomic E-state index is 15.1. The number of hydrogen-bond acceptors (Lipinski definition) is 9. The van der Waals surface area contributed by atoms with Crippen LogP contribution in [0.2, 0.25) is 0 Å². The lowest BCUT2D eigenvalue weighted by molar-refractivity contribution is -0.134. The van der Waals surface area contributed by atoms with Crippen LogP contribution in [0.15, 0.2) is 48.7 Å². The number of carbonyl (C=O) groups excluding carboxylic acids is 4. The summed E-state index contributed by atoms with van der Waals surface area (Å²) in [6.07, 6.45) is 7.18. The largest absolute Gasteiger partial charge is 0.477 e. The van der Waals surface area contributed by atoms with Crippen molar-refractivity contribution in [2.24, 2.45) is 7.05 Å². The SMILES string of the molecule is Cc1cc2cc(n1)-c1cnn(C)c1OCCC[C@@H](I)Cn1c(nc3ccc(C(=O)N(C)C4CCC(N(C)CCc5cc(F)c([C@H]6CCC(=O)NC6=O)c(F)c5)CC4)cc31)NC2=O. The second-order valence-corrected chi connectivity index (χ2v) is 18.5. The van der Waals surface area contributed by atoms with Crippen LogP contribution in [0.25, 0.3) is 22.3 Å². The highest BCUT2D eigenvalue weighted by Crippen LogP contribution is 2.33. The molecule has 1 aliphatic carbocycles. The van der Waals surface area contributed by atoms with Crippen LogP contribution in [0.4, 0.5) is 14.7 Å². The van der Waals surface area contributed by atoms with Crippen molar-refractivity contribution in [1.82, 2.24) is 39.4 Å². The number of alkyl halides is 1. The van der Waals surface area contributed by atoms with E-state index in [1.54, 1.807) is 29.1 Å². The van der Waals surface area contributed by atoms with Gasteiger partial charge in [0.25, 0.3) is 11.8 Å². The third-order valence-electron chi connectivity index (χ3n) is 12.5. The number of amides is 4. The Kier molecular flexibility index (Phi) is 12.7. The third-order valence-corrected chi connectivity index (χ3v) is 13.5. The van der Waals surface area contributed by atoms with E-state index in [0.717, 1.165) is 44.0 Å². The molecule has 0 unspecified atom stereocenters. The minimum Gasteiger partial charge on any atom is -0.477 e. The van der Waals surface area contributed by atoms with Gasteiger partial charge in [0.15, 0.2) is 0 Å². The third kappa shape index (κ3) is 9.09. The first-order chi connectivity index (χ1) is 29.7. The Morgan fingerprint density at radius 1 is 0.952 bits per heavy atom. The van der Waals surface area contributed by atoms with Gasteiger partial charge in [0.05, 0.1) is 41.0 Å². The summed E-state index contributed by atoms with van der Waals surface area (Å²) >= 11 is 2.43. The van der Waals surface area contributed by atoms with E-state index in [-0.39, 0.29) is 46.2 Å². The van der Waals surface area contributed by atoms with Gasteiger partial charge in [0.2, 0.25) is 23.6 Å². The zero-order chi connectivity index (χ0) is 43.8. The van der Waals surface area contributed by atoms with Crippen molar-refractivity contribution in [2.75, 3.05) is 32.6 Å². The van der Waals surface area contributed by atoms with E-state index in [4.69, 9.17) is 9.72 Å². The molecule has 1 saturated heterocycles. The van der Waals surface area contributed by atoms with Gasteiger partial charge < -0.3 is 19.1 Å². The van der Waals surface area contributed by atoms with E-state index in [2.05, 4.69) is 48.2 Å². The Morgan fingerprint density at radius 3 is 2.44 bits per heavy atom. The van der Waals surface area contributed by atoms with Crippen LogP contribution in [0.1, 0.15) is 94.8 Å². The number of aryl methyl sites for hydroxylation is 2. The molecule has 3 aromatic heterocycles. The van der Waals surface area contributed by atoms with Gasteiger partial charge in [-0.2, -0.15) is 5.10 Å². The second kappa shape index (κ2) is 18.2. The van der Waals surface area contributed by atoms with Crippen molar-refractivity contribution in [2.45, 2.75) is 93.2 Å². The summed E-state index contributed by atoms with van der Waals surface area (Å²) in [6, 6.07) is 11.8. The van der Waals surface area contributed by atoms with Crippen LogP contribution in [0.3, 0.4) is 0 Å². The zero-order valence-electron chi connectivity index (χ0n) is 35.2. The maximum absolute atomic E-state index is 15.1. The van der Waals surface area contributed by atoms with Gasteiger partial charge in [-0.25, -0.2) is 18.4 Å². The molecule has 2 aromatic carbocycles. The summed E-state index contributed by atoms with van der Waals surface area (Å²) in [7, 11) is 5.68. The Balaban J connectivity index is 0.927. The number of ether oxygens (including phenoxy) is 1. The van der Waals surface area contributed by atoms with Crippen LogP contribution >= 0.6 is 22.6 Å². The molecule has 0 radical (unpaired) electrons. The number of nitrogens with one attached hydrogen (secondary N) is 2. The molecule has 2 N–H and O–H groups in total. The molecule has 5 aromatic rings. The van der Waals surface area contributed by atoms with Crippen LogP contribution in [-0.2, 0) is 29.6 Å². The van der Waals surface area contributed by atoms with Gasteiger partial charge in [0, 0.05) is 72.0 Å². The molecule has 2 bridgehead atoms. The summed E-state index contributed by atoms with van der Waals surface area (Å²) in [6.45, 7) is 3.45. The highest BCUT2D eigenvalue weighted by molar-refractivity contribution is 14.1. The normalized spacial score (nSPS) is 21.0. The van der Waals surface area contributed by atoms with Gasteiger partial charge in [-0.05, 0) is 113 Å². The van der Waals surface area contributed by atoms with Crippen molar-refractivity contribution in [3.8, 4) is 17.1 Å². The Bertz CT molecular complexity index is 2530.